The van der Waals surface area contributed by atoms with Crippen LogP contribution in [0.5, 0.6) is 5.75 Å². The van der Waals surface area contributed by atoms with Crippen molar-refractivity contribution in [2.45, 2.75) is 19.4 Å². The van der Waals surface area contributed by atoms with Gasteiger partial charge in [0.15, 0.2) is 11.9 Å². The molecule has 1 unspecified atom stereocenters. The molecule has 7 nitrogen and oxygen atoms in total. The highest BCUT2D eigenvalue weighted by molar-refractivity contribution is 5.99. The molecule has 1 aromatic heterocycles. The fraction of sp³-hybridized carbons (Fsp3) is 0.333. The molecular weight excluding hydrogens is 250 g/mol. The van der Waals surface area contributed by atoms with E-state index in [1.165, 1.54) is 17.0 Å². The zero-order chi connectivity index (χ0) is 14.0. The maximum absolute atomic E-state index is 12.1. The molecule has 1 amide bonds. The number of carbonyl (C=O) groups is 1. The summed E-state index contributed by atoms with van der Waals surface area (Å²) in [4.78, 5) is 27.2. The van der Waals surface area contributed by atoms with Gasteiger partial charge in [0, 0.05) is 6.07 Å². The highest BCUT2D eigenvalue weighted by Crippen LogP contribution is 2.34. The number of nitro groups is 1. The fourth-order valence-electron chi connectivity index (χ4n) is 1.80. The summed E-state index contributed by atoms with van der Waals surface area (Å²) in [6.45, 7) is 1.81. The standard InChI is InChI=1S/C12H11N3O4/c1-3-7-14-11-9(19-8(4-2)12(14)16)5-6-10(13-11)15(17)18/h1,5-6,8H,4,7H2,2H3. The Hall–Kier alpha value is -2.62. The highest BCUT2D eigenvalue weighted by atomic mass is 16.6. The van der Waals surface area contributed by atoms with Crippen LogP contribution in [0, 0.1) is 22.5 Å². The maximum Gasteiger partial charge on any atom is 0.366 e. The van der Waals surface area contributed by atoms with Crippen molar-refractivity contribution < 1.29 is 14.5 Å². The molecule has 0 radical (unpaired) electrons. The Kier molecular flexibility index (Phi) is 3.33. The van der Waals surface area contributed by atoms with E-state index in [1.54, 1.807) is 6.92 Å². The fourth-order valence-corrected chi connectivity index (χ4v) is 1.80. The van der Waals surface area contributed by atoms with Gasteiger partial charge in [0.25, 0.3) is 11.7 Å². The average Bonchev–Trinajstić information content (AvgIpc) is 2.41. The van der Waals surface area contributed by atoms with E-state index in [-0.39, 0.29) is 24.1 Å². The second-order valence-corrected chi connectivity index (χ2v) is 3.89. The number of hydrogen-bond donors (Lipinski definition) is 0. The smallest absolute Gasteiger partial charge is 0.366 e. The lowest BCUT2D eigenvalue weighted by Gasteiger charge is -2.29. The van der Waals surface area contributed by atoms with Crippen LogP contribution >= 0.6 is 0 Å². The summed E-state index contributed by atoms with van der Waals surface area (Å²) in [6.07, 6.45) is 5.06. The summed E-state index contributed by atoms with van der Waals surface area (Å²) in [5, 5.41) is 10.7. The van der Waals surface area contributed by atoms with Crippen LogP contribution in [0.1, 0.15) is 13.3 Å². The summed E-state index contributed by atoms with van der Waals surface area (Å²) in [5.41, 5.74) is 0. The summed E-state index contributed by atoms with van der Waals surface area (Å²) < 4.78 is 5.46. The average molecular weight is 261 g/mol. The van der Waals surface area contributed by atoms with E-state index < -0.39 is 11.0 Å². The Morgan fingerprint density at radius 1 is 1.63 bits per heavy atom. The molecule has 2 rings (SSSR count). The van der Waals surface area contributed by atoms with Gasteiger partial charge in [0.2, 0.25) is 0 Å². The predicted molar refractivity (Wildman–Crippen MR) is 66.8 cm³/mol. The first-order valence-corrected chi connectivity index (χ1v) is 5.65. The van der Waals surface area contributed by atoms with E-state index in [0.717, 1.165) is 0 Å². The van der Waals surface area contributed by atoms with E-state index in [9.17, 15) is 14.9 Å². The molecule has 1 atom stereocenters. The lowest BCUT2D eigenvalue weighted by molar-refractivity contribution is -0.389. The van der Waals surface area contributed by atoms with Crippen molar-refractivity contribution >= 4 is 17.5 Å². The lowest BCUT2D eigenvalue weighted by Crippen LogP contribution is -2.46. The summed E-state index contributed by atoms with van der Waals surface area (Å²) >= 11 is 0. The Morgan fingerprint density at radius 2 is 2.37 bits per heavy atom. The zero-order valence-electron chi connectivity index (χ0n) is 10.2. The molecule has 19 heavy (non-hydrogen) atoms. The Morgan fingerprint density at radius 3 is 2.95 bits per heavy atom. The van der Waals surface area contributed by atoms with E-state index in [1.807, 2.05) is 0 Å². The molecule has 1 aromatic rings. The number of amides is 1. The van der Waals surface area contributed by atoms with Gasteiger partial charge < -0.3 is 14.9 Å². The summed E-state index contributed by atoms with van der Waals surface area (Å²) in [7, 11) is 0. The number of aromatic nitrogens is 1. The molecule has 0 aromatic carbocycles. The molecule has 7 heteroatoms. The van der Waals surface area contributed by atoms with Crippen molar-refractivity contribution in [1.82, 2.24) is 4.98 Å². The lowest BCUT2D eigenvalue weighted by atomic mass is 10.2. The van der Waals surface area contributed by atoms with Gasteiger partial charge in [0.05, 0.1) is 6.54 Å². The van der Waals surface area contributed by atoms with Crippen LogP contribution in [0.3, 0.4) is 0 Å². The van der Waals surface area contributed by atoms with Crippen molar-refractivity contribution in [3.05, 3.63) is 22.2 Å². The van der Waals surface area contributed by atoms with Crippen LogP contribution < -0.4 is 9.64 Å². The first kappa shape index (κ1) is 12.8. The first-order chi connectivity index (χ1) is 9.08. The van der Waals surface area contributed by atoms with Crippen molar-refractivity contribution in [3.8, 4) is 18.1 Å². The number of terminal acetylenes is 1. The normalized spacial score (nSPS) is 17.4. The van der Waals surface area contributed by atoms with Crippen LogP contribution in [0.2, 0.25) is 0 Å². The summed E-state index contributed by atoms with van der Waals surface area (Å²) in [6, 6.07) is 2.66. The molecule has 2 heterocycles. The number of ether oxygens (including phenoxy) is 1. The van der Waals surface area contributed by atoms with E-state index >= 15 is 0 Å². The van der Waals surface area contributed by atoms with Gasteiger partial charge >= 0.3 is 5.82 Å². The van der Waals surface area contributed by atoms with Crippen LogP contribution in [-0.2, 0) is 4.79 Å². The second-order valence-electron chi connectivity index (χ2n) is 3.89. The molecule has 0 spiro atoms. The SMILES string of the molecule is C#CCN1C(=O)C(CC)Oc2ccc([N+](=O)[O-])nc21. The predicted octanol–water partition coefficient (Wildman–Crippen LogP) is 1.13. The maximum atomic E-state index is 12.1. The third kappa shape index (κ3) is 2.20. The number of fused-ring (bicyclic) bond motifs is 1. The van der Waals surface area contributed by atoms with Gasteiger partial charge in [-0.15, -0.1) is 6.42 Å². The van der Waals surface area contributed by atoms with E-state index in [0.29, 0.717) is 12.2 Å². The van der Waals surface area contributed by atoms with Gasteiger partial charge in [-0.25, -0.2) is 0 Å². The second kappa shape index (κ2) is 4.94. The molecule has 0 fully saturated rings. The Labute approximate surface area is 109 Å². The minimum atomic E-state index is -0.635. The molecular formula is C12H11N3O4. The third-order valence-corrected chi connectivity index (χ3v) is 2.70. The quantitative estimate of drug-likeness (QED) is 0.462. The molecule has 0 saturated heterocycles. The number of pyridine rings is 1. The van der Waals surface area contributed by atoms with Crippen molar-refractivity contribution in [3.63, 3.8) is 0 Å². The van der Waals surface area contributed by atoms with Crippen molar-refractivity contribution in [2.75, 3.05) is 11.4 Å². The van der Waals surface area contributed by atoms with Crippen molar-refractivity contribution in [1.29, 1.82) is 0 Å². The number of hydrogen-bond acceptors (Lipinski definition) is 5. The molecule has 1 aliphatic heterocycles. The van der Waals surface area contributed by atoms with E-state index in [2.05, 4.69) is 10.9 Å². The largest absolute Gasteiger partial charge is 0.474 e. The van der Waals surface area contributed by atoms with Gasteiger partial charge in [-0.1, -0.05) is 12.8 Å². The molecule has 0 N–H and O–H groups in total. The van der Waals surface area contributed by atoms with Crippen molar-refractivity contribution in [2.24, 2.45) is 0 Å². The highest BCUT2D eigenvalue weighted by Gasteiger charge is 2.37. The number of anilines is 1. The molecule has 1 aliphatic rings. The summed E-state index contributed by atoms with van der Waals surface area (Å²) in [5.74, 6) is 2.08. The third-order valence-electron chi connectivity index (χ3n) is 2.70. The molecule has 0 saturated carbocycles. The zero-order valence-corrected chi connectivity index (χ0v) is 10.2. The minimum Gasteiger partial charge on any atom is -0.474 e. The molecule has 0 aliphatic carbocycles. The van der Waals surface area contributed by atoms with Gasteiger partial charge in [0.1, 0.15) is 0 Å². The van der Waals surface area contributed by atoms with Crippen LogP contribution in [0.25, 0.3) is 0 Å². The van der Waals surface area contributed by atoms with Crippen LogP contribution in [-0.4, -0.2) is 28.5 Å². The van der Waals surface area contributed by atoms with E-state index in [4.69, 9.17) is 11.2 Å². The monoisotopic (exact) mass is 261 g/mol. The Bertz CT molecular complexity index is 579. The first-order valence-electron chi connectivity index (χ1n) is 5.65. The number of rotatable bonds is 3. The number of carbonyl (C=O) groups excluding carboxylic acids is 1. The Balaban J connectivity index is 2.50. The molecule has 0 bridgehead atoms. The van der Waals surface area contributed by atoms with Gasteiger partial charge in [-0.3, -0.25) is 9.69 Å². The van der Waals surface area contributed by atoms with Gasteiger partial charge in [-0.05, 0) is 22.4 Å². The number of nitrogens with zero attached hydrogens (tertiary/aromatic N) is 3. The van der Waals surface area contributed by atoms with Crippen LogP contribution in [0.4, 0.5) is 11.6 Å². The van der Waals surface area contributed by atoms with Crippen LogP contribution in [0.15, 0.2) is 12.1 Å². The van der Waals surface area contributed by atoms with Gasteiger partial charge in [-0.2, -0.15) is 0 Å². The minimum absolute atomic E-state index is 0.000138. The molecule has 98 valence electrons. The topological polar surface area (TPSA) is 85.6 Å².